The molecule has 1 aliphatic carbocycles. The summed E-state index contributed by atoms with van der Waals surface area (Å²) in [5, 5.41) is 2.87. The molecular weight excluding hydrogens is 516 g/mol. The zero-order valence-corrected chi connectivity index (χ0v) is 22.8. The quantitative estimate of drug-likeness (QED) is 0.562. The molecule has 1 aromatic carbocycles. The topological polar surface area (TPSA) is 125 Å². The largest absolute Gasteiger partial charge is 0.351 e. The number of halogens is 2. The number of aliphatic imine (C=N–C) groups is 1. The van der Waals surface area contributed by atoms with E-state index >= 15 is 0 Å². The molecule has 9 nitrogen and oxygen atoms in total. The van der Waals surface area contributed by atoms with Crippen LogP contribution in [0.25, 0.3) is 0 Å². The molecule has 2 heterocycles. The van der Waals surface area contributed by atoms with Gasteiger partial charge in [-0.3, -0.25) is 14.7 Å². The fraction of sp³-hybridized carbons (Fsp3) is 0.577. The first-order chi connectivity index (χ1) is 17.8. The molecule has 4 rings (SSSR count). The second-order valence-corrected chi connectivity index (χ2v) is 12.6. The Bertz CT molecular complexity index is 1270. The highest BCUT2D eigenvalue weighted by Crippen LogP contribution is 2.37. The Hall–Kier alpha value is -2.86. The van der Waals surface area contributed by atoms with Crippen molar-refractivity contribution in [1.82, 2.24) is 9.62 Å². The van der Waals surface area contributed by atoms with Crippen LogP contribution in [0.2, 0.25) is 0 Å². The first-order valence-corrected chi connectivity index (χ1v) is 14.5. The van der Waals surface area contributed by atoms with Gasteiger partial charge in [-0.25, -0.2) is 17.5 Å². The predicted molar refractivity (Wildman–Crippen MR) is 142 cm³/mol. The van der Waals surface area contributed by atoms with Crippen LogP contribution in [0.15, 0.2) is 28.8 Å². The van der Waals surface area contributed by atoms with Crippen LogP contribution in [0.5, 0.6) is 0 Å². The molecule has 3 aliphatic rings. The van der Waals surface area contributed by atoms with Gasteiger partial charge in [0.1, 0.15) is 11.4 Å². The number of benzene rings is 1. The minimum atomic E-state index is -3.57. The zero-order chi connectivity index (χ0) is 27.8. The fourth-order valence-corrected chi connectivity index (χ4v) is 7.14. The lowest BCUT2D eigenvalue weighted by Crippen LogP contribution is -2.51. The van der Waals surface area contributed by atoms with E-state index in [2.05, 4.69) is 5.32 Å². The molecule has 0 aromatic heterocycles. The molecule has 2 fully saturated rings. The third kappa shape index (κ3) is 5.61. The molecule has 0 bridgehead atoms. The van der Waals surface area contributed by atoms with Crippen molar-refractivity contribution in [2.24, 2.45) is 16.6 Å². The highest BCUT2D eigenvalue weighted by atomic mass is 32.2. The van der Waals surface area contributed by atoms with Gasteiger partial charge in [-0.2, -0.15) is 8.78 Å². The van der Waals surface area contributed by atoms with E-state index in [1.807, 2.05) is 26.0 Å². The number of hydrogen-bond donors (Lipinski definition) is 2. The summed E-state index contributed by atoms with van der Waals surface area (Å²) in [6, 6.07) is 3.05. The molecule has 208 valence electrons. The van der Waals surface area contributed by atoms with Gasteiger partial charge in [0.25, 0.3) is 12.0 Å². The van der Waals surface area contributed by atoms with Gasteiger partial charge in [-0.05, 0) is 93.2 Å². The van der Waals surface area contributed by atoms with Gasteiger partial charge in [-0.15, -0.1) is 0 Å². The summed E-state index contributed by atoms with van der Waals surface area (Å²) in [5.74, 6) is 0.191. The molecule has 0 radical (unpaired) electrons. The van der Waals surface area contributed by atoms with E-state index in [1.54, 1.807) is 7.05 Å². The summed E-state index contributed by atoms with van der Waals surface area (Å²) < 4.78 is 53.5. The van der Waals surface area contributed by atoms with Crippen LogP contribution < -0.4 is 16.0 Å². The number of nitrogens with two attached hydrogens (primary N) is 1. The maximum atomic E-state index is 13.2. The Morgan fingerprint density at radius 2 is 1.76 bits per heavy atom. The van der Waals surface area contributed by atoms with Gasteiger partial charge in [0, 0.05) is 31.7 Å². The van der Waals surface area contributed by atoms with Crippen LogP contribution in [-0.2, 0) is 21.2 Å². The summed E-state index contributed by atoms with van der Waals surface area (Å²) >= 11 is 0. The summed E-state index contributed by atoms with van der Waals surface area (Å²) in [4.78, 5) is 30.4. The van der Waals surface area contributed by atoms with Crippen LogP contribution >= 0.6 is 0 Å². The number of carbonyl (C=O) groups is 2. The summed E-state index contributed by atoms with van der Waals surface area (Å²) in [5.41, 5.74) is 7.87. The number of amidine groups is 1. The third-order valence-electron chi connectivity index (χ3n) is 8.19. The molecule has 1 spiro atoms. The summed E-state index contributed by atoms with van der Waals surface area (Å²) in [6.45, 7) is 4.14. The van der Waals surface area contributed by atoms with E-state index in [-0.39, 0.29) is 49.1 Å². The van der Waals surface area contributed by atoms with Gasteiger partial charge < -0.3 is 11.1 Å². The van der Waals surface area contributed by atoms with Crippen molar-refractivity contribution >= 4 is 33.5 Å². The highest BCUT2D eigenvalue weighted by Gasteiger charge is 2.48. The van der Waals surface area contributed by atoms with E-state index in [4.69, 9.17) is 10.7 Å². The minimum absolute atomic E-state index is 0.0659. The second-order valence-electron chi connectivity index (χ2n) is 10.5. The number of carbonyl (C=O) groups excluding carboxylic acids is 2. The number of urea groups is 1. The number of allylic oxidation sites excluding steroid dienone is 1. The number of sulfonamides is 1. The van der Waals surface area contributed by atoms with Gasteiger partial charge in [0.2, 0.25) is 10.0 Å². The van der Waals surface area contributed by atoms with Crippen molar-refractivity contribution in [3.63, 3.8) is 0 Å². The fourth-order valence-electron chi connectivity index (χ4n) is 5.68. The van der Waals surface area contributed by atoms with E-state index in [0.29, 0.717) is 43.6 Å². The lowest BCUT2D eigenvalue weighted by molar-refractivity contribution is -0.125. The predicted octanol–water partition coefficient (Wildman–Crippen LogP) is 3.39. The van der Waals surface area contributed by atoms with Crippen LogP contribution in [0, 0.1) is 19.8 Å². The Morgan fingerprint density at radius 1 is 1.18 bits per heavy atom. The van der Waals surface area contributed by atoms with E-state index in [0.717, 1.165) is 16.7 Å². The van der Waals surface area contributed by atoms with E-state index in [1.165, 1.54) is 9.21 Å². The lowest BCUT2D eigenvalue weighted by Gasteiger charge is -2.34. The second kappa shape index (κ2) is 10.7. The number of amides is 3. The van der Waals surface area contributed by atoms with Crippen molar-refractivity contribution < 1.29 is 26.8 Å². The Kier molecular flexibility index (Phi) is 7.94. The van der Waals surface area contributed by atoms with E-state index < -0.39 is 27.7 Å². The van der Waals surface area contributed by atoms with Crippen LogP contribution in [0.4, 0.5) is 19.3 Å². The van der Waals surface area contributed by atoms with Crippen molar-refractivity contribution in [3.05, 3.63) is 40.5 Å². The SMILES string of the molecule is Cc1cc(N(C)C(N)=O)cc(C)c1CCS(=O)(=O)N1CCC2(CC1)N=C(C1CCC(=C(F)F)CC1)NC2=O. The minimum Gasteiger partial charge on any atom is -0.351 e. The van der Waals surface area contributed by atoms with Crippen LogP contribution in [0.3, 0.4) is 0 Å². The van der Waals surface area contributed by atoms with E-state index in [9.17, 15) is 26.8 Å². The molecule has 0 atom stereocenters. The van der Waals surface area contributed by atoms with Gasteiger partial charge in [0.05, 0.1) is 5.75 Å². The smallest absolute Gasteiger partial charge is 0.318 e. The zero-order valence-electron chi connectivity index (χ0n) is 22.0. The van der Waals surface area contributed by atoms with Crippen LogP contribution in [-0.4, -0.2) is 61.9 Å². The standard InChI is InChI=1S/C26H35F2N5O4S/c1-16-14-20(32(3)25(29)35)15-17(2)21(16)8-13-38(36,37)33-11-9-26(10-12-33)24(34)30-23(31-26)19-6-4-18(5-7-19)22(27)28/h14-15,19H,4-13H2,1-3H3,(H2,29,35)(H,30,31,34). The average Bonchev–Trinajstić information content (AvgIpc) is 3.18. The van der Waals surface area contributed by atoms with Gasteiger partial charge >= 0.3 is 6.03 Å². The molecule has 1 saturated carbocycles. The first kappa shape index (κ1) is 28.2. The van der Waals surface area contributed by atoms with Crippen molar-refractivity contribution in [2.75, 3.05) is 30.8 Å². The molecule has 12 heteroatoms. The van der Waals surface area contributed by atoms with Gasteiger partial charge in [0.15, 0.2) is 0 Å². The normalized spacial score (nSPS) is 21.8. The number of rotatable bonds is 6. The molecule has 2 aliphatic heterocycles. The van der Waals surface area contributed by atoms with Crippen molar-refractivity contribution in [2.45, 2.75) is 64.3 Å². The van der Waals surface area contributed by atoms with Crippen molar-refractivity contribution in [3.8, 4) is 0 Å². The molecule has 1 aromatic rings. The number of piperidine rings is 1. The molecule has 38 heavy (non-hydrogen) atoms. The lowest BCUT2D eigenvalue weighted by atomic mass is 9.85. The maximum absolute atomic E-state index is 13.2. The monoisotopic (exact) mass is 551 g/mol. The molecular formula is C26H35F2N5O4S. The third-order valence-corrected chi connectivity index (χ3v) is 10.1. The summed E-state index contributed by atoms with van der Waals surface area (Å²) in [6.07, 6.45) is 0.901. The molecule has 3 N–H and O–H groups in total. The van der Waals surface area contributed by atoms with Crippen LogP contribution in [0.1, 0.15) is 55.2 Å². The maximum Gasteiger partial charge on any atom is 0.318 e. The number of nitrogens with one attached hydrogen (secondary N) is 1. The number of hydrogen-bond acceptors (Lipinski definition) is 5. The van der Waals surface area contributed by atoms with Crippen molar-refractivity contribution in [1.29, 1.82) is 0 Å². The highest BCUT2D eigenvalue weighted by molar-refractivity contribution is 7.89. The number of nitrogens with zero attached hydrogens (tertiary/aromatic N) is 3. The number of aryl methyl sites for hydroxylation is 2. The Morgan fingerprint density at radius 3 is 2.29 bits per heavy atom. The Balaban J connectivity index is 1.38. The molecule has 0 unspecified atom stereocenters. The first-order valence-electron chi connectivity index (χ1n) is 12.9. The van der Waals surface area contributed by atoms with Gasteiger partial charge in [-0.1, -0.05) is 0 Å². The average molecular weight is 552 g/mol. The Labute approximate surface area is 222 Å². The molecule has 3 amide bonds. The summed E-state index contributed by atoms with van der Waals surface area (Å²) in [7, 11) is -1.99. The molecule has 1 saturated heterocycles. The number of anilines is 1. The number of primary amides is 1.